The number of hydrogen-bond donors (Lipinski definition) is 2. The van der Waals surface area contributed by atoms with Gasteiger partial charge in [0.25, 0.3) is 0 Å². The Morgan fingerprint density at radius 1 is 1.24 bits per heavy atom. The maximum absolute atomic E-state index is 11.1. The van der Waals surface area contributed by atoms with Crippen LogP contribution in [0, 0.1) is 0 Å². The number of carbonyl (C=O) groups excluding carboxylic acids is 1. The first-order valence-electron chi connectivity index (χ1n) is 5.58. The molecule has 92 valence electrons. The van der Waals surface area contributed by atoms with Crippen LogP contribution in [-0.4, -0.2) is 29.1 Å². The Hall–Kier alpha value is -1.68. The van der Waals surface area contributed by atoms with Gasteiger partial charge in [0.15, 0.2) is 0 Å². The number of unbranched alkanes of at least 4 members (excludes halogenated alkanes) is 1. The van der Waals surface area contributed by atoms with Crippen LogP contribution in [0.4, 0.5) is 0 Å². The molecule has 1 aromatic carbocycles. The lowest BCUT2D eigenvalue weighted by atomic mass is 9.93. The minimum absolute atomic E-state index is 0.0798. The molecule has 0 heterocycles. The number of aldehydes is 1. The summed E-state index contributed by atoms with van der Waals surface area (Å²) in [6.45, 7) is 0.0798. The van der Waals surface area contributed by atoms with Gasteiger partial charge in [-0.1, -0.05) is 24.3 Å². The van der Waals surface area contributed by atoms with Crippen LogP contribution in [0.1, 0.15) is 41.1 Å². The molecule has 0 saturated heterocycles. The summed E-state index contributed by atoms with van der Waals surface area (Å²) in [6.07, 6.45) is 2.50. The summed E-state index contributed by atoms with van der Waals surface area (Å²) in [7, 11) is 0. The third kappa shape index (κ3) is 4.00. The highest BCUT2D eigenvalue weighted by molar-refractivity contribution is 5.78. The number of carbonyl (C=O) groups is 2. The van der Waals surface area contributed by atoms with Crippen LogP contribution in [0.25, 0.3) is 0 Å². The van der Waals surface area contributed by atoms with Crippen LogP contribution in [-0.2, 0) is 4.79 Å². The number of hydrogen-bond acceptors (Lipinski definition) is 3. The van der Waals surface area contributed by atoms with Crippen LogP contribution in [0.3, 0.4) is 0 Å². The largest absolute Gasteiger partial charge is 0.481 e. The summed E-state index contributed by atoms with van der Waals surface area (Å²) in [5.41, 5.74) is 1.23. The van der Waals surface area contributed by atoms with Gasteiger partial charge in [-0.3, -0.25) is 9.59 Å². The van der Waals surface area contributed by atoms with Crippen LogP contribution < -0.4 is 0 Å². The van der Waals surface area contributed by atoms with Gasteiger partial charge in [-0.2, -0.15) is 0 Å². The monoisotopic (exact) mass is 236 g/mol. The molecule has 0 aliphatic carbocycles. The molecule has 1 atom stereocenters. The first kappa shape index (κ1) is 13.4. The van der Waals surface area contributed by atoms with Crippen LogP contribution >= 0.6 is 0 Å². The fourth-order valence-corrected chi connectivity index (χ4v) is 1.70. The molecular weight excluding hydrogens is 220 g/mol. The predicted molar refractivity (Wildman–Crippen MR) is 63.1 cm³/mol. The zero-order valence-corrected chi connectivity index (χ0v) is 9.50. The van der Waals surface area contributed by atoms with E-state index in [1.54, 1.807) is 24.3 Å². The van der Waals surface area contributed by atoms with Gasteiger partial charge in [0.1, 0.15) is 6.29 Å². The Kier molecular flexibility index (Phi) is 5.36. The molecule has 2 N–H and O–H groups in total. The highest BCUT2D eigenvalue weighted by atomic mass is 16.4. The standard InChI is InChI=1S/C13H16O4/c14-8-2-1-3-12(13(16)17)11-6-4-10(9-15)5-7-11/h4-7,9,12,14H,1-3,8H2,(H,16,17). The minimum atomic E-state index is -0.873. The van der Waals surface area contributed by atoms with Crippen LogP contribution in [0.5, 0.6) is 0 Å². The highest BCUT2D eigenvalue weighted by Crippen LogP contribution is 2.22. The number of rotatable bonds is 7. The number of carboxylic acid groups (broad SMARTS) is 1. The number of aliphatic hydroxyl groups excluding tert-OH is 1. The van der Waals surface area contributed by atoms with Gasteiger partial charge >= 0.3 is 5.97 Å². The third-order valence-electron chi connectivity index (χ3n) is 2.67. The van der Waals surface area contributed by atoms with E-state index in [4.69, 9.17) is 10.2 Å². The van der Waals surface area contributed by atoms with Crippen LogP contribution in [0.15, 0.2) is 24.3 Å². The molecule has 0 aromatic heterocycles. The lowest BCUT2D eigenvalue weighted by Gasteiger charge is -2.12. The van der Waals surface area contributed by atoms with E-state index in [0.717, 1.165) is 6.29 Å². The van der Waals surface area contributed by atoms with Crippen molar-refractivity contribution in [3.05, 3.63) is 35.4 Å². The predicted octanol–water partition coefficient (Wildman–Crippen LogP) is 1.83. The van der Waals surface area contributed by atoms with E-state index in [1.807, 2.05) is 0 Å². The van der Waals surface area contributed by atoms with E-state index in [1.165, 1.54) is 0 Å². The molecule has 1 aromatic rings. The molecule has 1 unspecified atom stereocenters. The van der Waals surface area contributed by atoms with Crippen molar-refractivity contribution in [2.45, 2.75) is 25.2 Å². The van der Waals surface area contributed by atoms with Crippen molar-refractivity contribution in [3.63, 3.8) is 0 Å². The molecule has 0 amide bonds. The first-order valence-corrected chi connectivity index (χ1v) is 5.58. The Labute approximate surface area is 99.9 Å². The molecule has 1 rings (SSSR count). The summed E-state index contributed by atoms with van der Waals surface area (Å²) in [5.74, 6) is -1.44. The van der Waals surface area contributed by atoms with Crippen molar-refractivity contribution in [1.82, 2.24) is 0 Å². The van der Waals surface area contributed by atoms with Crippen molar-refractivity contribution in [2.24, 2.45) is 0 Å². The average molecular weight is 236 g/mol. The molecule has 0 aliphatic rings. The Morgan fingerprint density at radius 3 is 2.35 bits per heavy atom. The quantitative estimate of drug-likeness (QED) is 0.559. The topological polar surface area (TPSA) is 74.6 Å². The summed E-state index contributed by atoms with van der Waals surface area (Å²) in [6, 6.07) is 6.57. The SMILES string of the molecule is O=Cc1ccc(C(CCCCO)C(=O)O)cc1. The molecule has 0 radical (unpaired) electrons. The van der Waals surface area contributed by atoms with E-state index < -0.39 is 11.9 Å². The zero-order valence-electron chi connectivity index (χ0n) is 9.50. The summed E-state index contributed by atoms with van der Waals surface area (Å²) >= 11 is 0. The number of aliphatic hydroxyl groups is 1. The van der Waals surface area contributed by atoms with Gasteiger partial charge in [-0.05, 0) is 24.8 Å². The van der Waals surface area contributed by atoms with E-state index in [2.05, 4.69) is 0 Å². The lowest BCUT2D eigenvalue weighted by molar-refractivity contribution is -0.139. The molecule has 4 heteroatoms. The third-order valence-corrected chi connectivity index (χ3v) is 2.67. The molecule has 4 nitrogen and oxygen atoms in total. The average Bonchev–Trinajstić information content (AvgIpc) is 2.34. The van der Waals surface area contributed by atoms with Crippen molar-refractivity contribution in [1.29, 1.82) is 0 Å². The van der Waals surface area contributed by atoms with E-state index in [-0.39, 0.29) is 6.61 Å². The second kappa shape index (κ2) is 6.81. The van der Waals surface area contributed by atoms with E-state index in [9.17, 15) is 9.59 Å². The van der Waals surface area contributed by atoms with Crippen molar-refractivity contribution >= 4 is 12.3 Å². The molecule has 0 spiro atoms. The lowest BCUT2D eigenvalue weighted by Crippen LogP contribution is -2.11. The smallest absolute Gasteiger partial charge is 0.310 e. The second-order valence-corrected chi connectivity index (χ2v) is 3.89. The minimum Gasteiger partial charge on any atom is -0.481 e. The Bertz CT molecular complexity index is 370. The fraction of sp³-hybridized carbons (Fsp3) is 0.385. The molecule has 0 aliphatic heterocycles. The van der Waals surface area contributed by atoms with Gasteiger partial charge in [0, 0.05) is 12.2 Å². The number of aliphatic carboxylic acids is 1. The van der Waals surface area contributed by atoms with Gasteiger partial charge < -0.3 is 10.2 Å². The molecule has 0 bridgehead atoms. The fourth-order valence-electron chi connectivity index (χ4n) is 1.70. The summed E-state index contributed by atoms with van der Waals surface area (Å²) in [4.78, 5) is 21.6. The zero-order chi connectivity index (χ0) is 12.7. The van der Waals surface area contributed by atoms with Gasteiger partial charge in [0.05, 0.1) is 5.92 Å². The van der Waals surface area contributed by atoms with Gasteiger partial charge in [-0.15, -0.1) is 0 Å². The molecular formula is C13H16O4. The normalized spacial score (nSPS) is 12.1. The maximum atomic E-state index is 11.1. The second-order valence-electron chi connectivity index (χ2n) is 3.89. The van der Waals surface area contributed by atoms with E-state index in [0.29, 0.717) is 30.4 Å². The van der Waals surface area contributed by atoms with Gasteiger partial charge in [-0.25, -0.2) is 0 Å². The first-order chi connectivity index (χ1) is 8.19. The maximum Gasteiger partial charge on any atom is 0.310 e. The van der Waals surface area contributed by atoms with Crippen molar-refractivity contribution in [2.75, 3.05) is 6.61 Å². The van der Waals surface area contributed by atoms with Crippen molar-refractivity contribution in [3.8, 4) is 0 Å². The Balaban J connectivity index is 2.74. The van der Waals surface area contributed by atoms with Crippen molar-refractivity contribution < 1.29 is 19.8 Å². The van der Waals surface area contributed by atoms with Crippen LogP contribution in [0.2, 0.25) is 0 Å². The summed E-state index contributed by atoms with van der Waals surface area (Å²) < 4.78 is 0. The molecule has 17 heavy (non-hydrogen) atoms. The summed E-state index contributed by atoms with van der Waals surface area (Å²) in [5, 5.41) is 17.8. The van der Waals surface area contributed by atoms with E-state index >= 15 is 0 Å². The number of carboxylic acids is 1. The molecule has 0 saturated carbocycles. The number of benzene rings is 1. The highest BCUT2D eigenvalue weighted by Gasteiger charge is 2.18. The Morgan fingerprint density at radius 2 is 1.88 bits per heavy atom. The molecule has 0 fully saturated rings. The van der Waals surface area contributed by atoms with Gasteiger partial charge in [0.2, 0.25) is 0 Å².